The van der Waals surface area contributed by atoms with Crippen molar-refractivity contribution in [3.05, 3.63) is 99.5 Å². The third kappa shape index (κ3) is 5.73. The Labute approximate surface area is 187 Å². The SMILES string of the molecule is Cc1ccc([C@@H](NC(=O)COc2ccc(C(C)(C)C)cc2Br)c2ccccc2)cc1. The molecule has 1 amide bonds. The summed E-state index contributed by atoms with van der Waals surface area (Å²) in [6.45, 7) is 8.49. The van der Waals surface area contributed by atoms with Crippen LogP contribution in [0.2, 0.25) is 0 Å². The largest absolute Gasteiger partial charge is 0.483 e. The molecule has 156 valence electrons. The summed E-state index contributed by atoms with van der Waals surface area (Å²) in [6, 6.07) is 24.0. The number of hydrogen-bond acceptors (Lipinski definition) is 2. The van der Waals surface area contributed by atoms with Crippen LogP contribution in [0, 0.1) is 6.92 Å². The zero-order valence-electron chi connectivity index (χ0n) is 17.9. The molecule has 3 aromatic rings. The lowest BCUT2D eigenvalue weighted by atomic mass is 9.87. The maximum atomic E-state index is 12.7. The summed E-state index contributed by atoms with van der Waals surface area (Å²) in [6.07, 6.45) is 0. The lowest BCUT2D eigenvalue weighted by molar-refractivity contribution is -0.123. The third-order valence-electron chi connectivity index (χ3n) is 5.01. The van der Waals surface area contributed by atoms with Crippen LogP contribution in [-0.4, -0.2) is 12.5 Å². The summed E-state index contributed by atoms with van der Waals surface area (Å²) in [5.41, 5.74) is 4.51. The van der Waals surface area contributed by atoms with Gasteiger partial charge in [0.05, 0.1) is 10.5 Å². The van der Waals surface area contributed by atoms with Gasteiger partial charge in [0, 0.05) is 0 Å². The van der Waals surface area contributed by atoms with E-state index in [4.69, 9.17) is 4.74 Å². The van der Waals surface area contributed by atoms with Crippen LogP contribution in [0.25, 0.3) is 0 Å². The average Bonchev–Trinajstić information content (AvgIpc) is 2.72. The maximum Gasteiger partial charge on any atom is 0.258 e. The Morgan fingerprint density at radius 3 is 2.20 bits per heavy atom. The number of carbonyl (C=O) groups is 1. The molecule has 1 atom stereocenters. The van der Waals surface area contributed by atoms with Crippen molar-refractivity contribution in [1.29, 1.82) is 0 Å². The van der Waals surface area contributed by atoms with E-state index in [9.17, 15) is 4.79 Å². The lowest BCUT2D eigenvalue weighted by Gasteiger charge is -2.21. The van der Waals surface area contributed by atoms with Crippen molar-refractivity contribution in [2.45, 2.75) is 39.2 Å². The molecular formula is C26H28BrNO2. The predicted molar refractivity (Wildman–Crippen MR) is 126 cm³/mol. The molecule has 0 aliphatic carbocycles. The van der Waals surface area contributed by atoms with E-state index in [-0.39, 0.29) is 24.0 Å². The fourth-order valence-electron chi connectivity index (χ4n) is 3.19. The van der Waals surface area contributed by atoms with Crippen LogP contribution < -0.4 is 10.1 Å². The third-order valence-corrected chi connectivity index (χ3v) is 5.63. The highest BCUT2D eigenvalue weighted by Crippen LogP contribution is 2.31. The number of rotatable bonds is 6. The van der Waals surface area contributed by atoms with E-state index in [2.05, 4.69) is 73.2 Å². The van der Waals surface area contributed by atoms with E-state index in [1.807, 2.05) is 48.5 Å². The van der Waals surface area contributed by atoms with Gasteiger partial charge in [-0.3, -0.25) is 4.79 Å². The van der Waals surface area contributed by atoms with Gasteiger partial charge in [-0.05, 0) is 57.1 Å². The summed E-state index contributed by atoms with van der Waals surface area (Å²) in [5.74, 6) is 0.487. The van der Waals surface area contributed by atoms with E-state index in [1.165, 1.54) is 11.1 Å². The molecule has 0 saturated heterocycles. The van der Waals surface area contributed by atoms with Gasteiger partial charge in [0.15, 0.2) is 6.61 Å². The van der Waals surface area contributed by atoms with Crippen LogP contribution >= 0.6 is 15.9 Å². The summed E-state index contributed by atoms with van der Waals surface area (Å²) in [4.78, 5) is 12.7. The van der Waals surface area contributed by atoms with Crippen LogP contribution in [0.3, 0.4) is 0 Å². The van der Waals surface area contributed by atoms with Gasteiger partial charge >= 0.3 is 0 Å². The molecule has 0 bridgehead atoms. The van der Waals surface area contributed by atoms with Crippen LogP contribution in [0.1, 0.15) is 49.1 Å². The first-order valence-electron chi connectivity index (χ1n) is 10.1. The molecular weight excluding hydrogens is 438 g/mol. The average molecular weight is 466 g/mol. The quantitative estimate of drug-likeness (QED) is 0.461. The van der Waals surface area contributed by atoms with Gasteiger partial charge in [-0.2, -0.15) is 0 Å². The van der Waals surface area contributed by atoms with Crippen molar-refractivity contribution in [1.82, 2.24) is 5.32 Å². The van der Waals surface area contributed by atoms with Crippen LogP contribution in [0.5, 0.6) is 5.75 Å². The second kappa shape index (κ2) is 9.48. The number of benzene rings is 3. The van der Waals surface area contributed by atoms with Gasteiger partial charge < -0.3 is 10.1 Å². The molecule has 0 heterocycles. The maximum absolute atomic E-state index is 12.7. The summed E-state index contributed by atoms with van der Waals surface area (Å²) in [7, 11) is 0. The van der Waals surface area contributed by atoms with Crippen molar-refractivity contribution in [3.63, 3.8) is 0 Å². The minimum absolute atomic E-state index is 0.0510. The Bertz CT molecular complexity index is 992. The second-order valence-electron chi connectivity index (χ2n) is 8.51. The zero-order valence-corrected chi connectivity index (χ0v) is 19.5. The molecule has 3 nitrogen and oxygen atoms in total. The van der Waals surface area contributed by atoms with Crippen LogP contribution in [-0.2, 0) is 10.2 Å². The van der Waals surface area contributed by atoms with Crippen LogP contribution in [0.15, 0.2) is 77.3 Å². The minimum Gasteiger partial charge on any atom is -0.483 e. The first kappa shape index (κ1) is 22.1. The number of hydrogen-bond donors (Lipinski definition) is 1. The molecule has 3 rings (SSSR count). The van der Waals surface area contributed by atoms with E-state index >= 15 is 0 Å². The van der Waals surface area contributed by atoms with E-state index in [0.717, 1.165) is 15.6 Å². The predicted octanol–water partition coefficient (Wildman–Crippen LogP) is 6.34. The highest BCUT2D eigenvalue weighted by molar-refractivity contribution is 9.10. The van der Waals surface area contributed by atoms with Crippen molar-refractivity contribution >= 4 is 21.8 Å². The number of halogens is 1. The summed E-state index contributed by atoms with van der Waals surface area (Å²) in [5, 5.41) is 3.12. The Morgan fingerprint density at radius 1 is 0.967 bits per heavy atom. The Kier molecular flexibility index (Phi) is 6.99. The molecule has 0 saturated carbocycles. The molecule has 0 aliphatic rings. The second-order valence-corrected chi connectivity index (χ2v) is 9.36. The van der Waals surface area contributed by atoms with Gasteiger partial charge in [0.25, 0.3) is 5.91 Å². The molecule has 4 heteroatoms. The standard InChI is InChI=1S/C26H28BrNO2/c1-18-10-12-20(13-11-18)25(19-8-6-5-7-9-19)28-24(29)17-30-23-15-14-21(16-22(23)27)26(2,3)4/h5-16,25H,17H2,1-4H3,(H,28,29)/t25-/m0/s1. The number of nitrogens with one attached hydrogen (secondary N) is 1. The van der Waals surface area contributed by atoms with E-state index in [0.29, 0.717) is 5.75 Å². The molecule has 0 unspecified atom stereocenters. The van der Waals surface area contributed by atoms with Gasteiger partial charge in [-0.25, -0.2) is 0 Å². The molecule has 30 heavy (non-hydrogen) atoms. The van der Waals surface area contributed by atoms with Crippen molar-refractivity contribution in [3.8, 4) is 5.75 Å². The molecule has 0 aromatic heterocycles. The molecule has 0 radical (unpaired) electrons. The summed E-state index contributed by atoms with van der Waals surface area (Å²) >= 11 is 3.56. The van der Waals surface area contributed by atoms with E-state index in [1.54, 1.807) is 0 Å². The fourth-order valence-corrected chi connectivity index (χ4v) is 3.69. The van der Waals surface area contributed by atoms with Crippen molar-refractivity contribution < 1.29 is 9.53 Å². The number of carbonyl (C=O) groups excluding carboxylic acids is 1. The molecule has 3 aromatic carbocycles. The molecule has 0 fully saturated rings. The normalized spacial score (nSPS) is 12.3. The van der Waals surface area contributed by atoms with Gasteiger partial charge in [0.2, 0.25) is 0 Å². The number of aryl methyl sites for hydroxylation is 1. The zero-order chi connectivity index (χ0) is 21.7. The van der Waals surface area contributed by atoms with E-state index < -0.39 is 0 Å². The highest BCUT2D eigenvalue weighted by atomic mass is 79.9. The number of ether oxygens (including phenoxy) is 1. The summed E-state index contributed by atoms with van der Waals surface area (Å²) < 4.78 is 6.65. The Balaban J connectivity index is 1.72. The first-order valence-corrected chi connectivity index (χ1v) is 10.9. The molecule has 0 spiro atoms. The van der Waals surface area contributed by atoms with Gasteiger partial charge in [-0.1, -0.05) is 87.0 Å². The minimum atomic E-state index is -0.227. The van der Waals surface area contributed by atoms with Gasteiger partial charge in [-0.15, -0.1) is 0 Å². The first-order chi connectivity index (χ1) is 14.2. The fraction of sp³-hybridized carbons (Fsp3) is 0.269. The van der Waals surface area contributed by atoms with Crippen LogP contribution in [0.4, 0.5) is 0 Å². The molecule has 0 aliphatic heterocycles. The number of amides is 1. The smallest absolute Gasteiger partial charge is 0.258 e. The molecule has 1 N–H and O–H groups in total. The topological polar surface area (TPSA) is 38.3 Å². The monoisotopic (exact) mass is 465 g/mol. The van der Waals surface area contributed by atoms with Crippen molar-refractivity contribution in [2.24, 2.45) is 0 Å². The van der Waals surface area contributed by atoms with Crippen molar-refractivity contribution in [2.75, 3.05) is 6.61 Å². The lowest BCUT2D eigenvalue weighted by Crippen LogP contribution is -2.33. The Hall–Kier alpha value is -2.59. The Morgan fingerprint density at radius 2 is 1.60 bits per heavy atom. The van der Waals surface area contributed by atoms with Gasteiger partial charge in [0.1, 0.15) is 5.75 Å². The highest BCUT2D eigenvalue weighted by Gasteiger charge is 2.18.